The minimum Gasteiger partial charge on any atom is -0.311 e. The number of rotatable bonds is 9. The molecule has 1 heteroatoms. The lowest BCUT2D eigenvalue weighted by atomic mass is 9.57. The third-order valence-electron chi connectivity index (χ3n) is 11.1. The third kappa shape index (κ3) is 4.15. The Hall–Kier alpha value is -0.0400. The molecule has 30 heavy (non-hydrogen) atoms. The van der Waals surface area contributed by atoms with Crippen LogP contribution >= 0.6 is 0 Å². The van der Waals surface area contributed by atoms with E-state index in [9.17, 15) is 0 Å². The predicted octanol–water partition coefficient (Wildman–Crippen LogP) is 8.23. The van der Waals surface area contributed by atoms with E-state index in [1.54, 1.807) is 25.7 Å². The van der Waals surface area contributed by atoms with E-state index >= 15 is 0 Å². The summed E-state index contributed by atoms with van der Waals surface area (Å²) >= 11 is 0. The van der Waals surface area contributed by atoms with Crippen molar-refractivity contribution in [1.29, 1.82) is 0 Å². The van der Waals surface area contributed by atoms with Crippen LogP contribution in [0.15, 0.2) is 0 Å². The molecule has 174 valence electrons. The molecule has 0 saturated heterocycles. The van der Waals surface area contributed by atoms with E-state index in [1.807, 2.05) is 0 Å². The van der Waals surface area contributed by atoms with E-state index in [4.69, 9.17) is 0 Å². The third-order valence-corrected chi connectivity index (χ3v) is 11.1. The molecule has 0 aromatic carbocycles. The first-order chi connectivity index (χ1) is 14.6. The van der Waals surface area contributed by atoms with Gasteiger partial charge in [0.25, 0.3) is 0 Å². The first-order valence-corrected chi connectivity index (χ1v) is 14.3. The minimum atomic E-state index is 0.678. The fraction of sp³-hybridized carbons (Fsp3) is 1.00. The van der Waals surface area contributed by atoms with Crippen LogP contribution in [0.1, 0.15) is 125 Å². The maximum absolute atomic E-state index is 4.14. The quantitative estimate of drug-likeness (QED) is 0.400. The molecule has 4 rings (SSSR count). The molecule has 4 aliphatic rings. The summed E-state index contributed by atoms with van der Waals surface area (Å²) in [6, 6.07) is 1.53. The highest BCUT2D eigenvalue weighted by atomic mass is 15.0. The van der Waals surface area contributed by atoms with Crippen LogP contribution in [0.25, 0.3) is 0 Å². The van der Waals surface area contributed by atoms with Crippen molar-refractivity contribution in [2.75, 3.05) is 0 Å². The summed E-state index contributed by atoms with van der Waals surface area (Å²) in [7, 11) is 0. The van der Waals surface area contributed by atoms with Crippen LogP contribution in [-0.4, -0.2) is 12.1 Å². The Balaban J connectivity index is 1.54. The topological polar surface area (TPSA) is 12.0 Å². The summed E-state index contributed by atoms with van der Waals surface area (Å²) < 4.78 is 0. The molecule has 0 aliphatic heterocycles. The molecule has 0 heterocycles. The van der Waals surface area contributed by atoms with Gasteiger partial charge in [-0.1, -0.05) is 72.6 Å². The van der Waals surface area contributed by atoms with Gasteiger partial charge in [-0.15, -0.1) is 0 Å². The van der Waals surface area contributed by atoms with E-state index in [0.717, 1.165) is 47.5 Å². The number of fused-ring (bicyclic) bond motifs is 1. The summed E-state index contributed by atoms with van der Waals surface area (Å²) in [5.41, 5.74) is 0.678. The van der Waals surface area contributed by atoms with Crippen LogP contribution in [0.3, 0.4) is 0 Å². The van der Waals surface area contributed by atoms with Gasteiger partial charge >= 0.3 is 0 Å². The smallest absolute Gasteiger partial charge is 0.0129 e. The van der Waals surface area contributed by atoms with Gasteiger partial charge in [-0.25, -0.2) is 0 Å². The Kier molecular flexibility index (Phi) is 7.59. The molecule has 0 amide bonds. The zero-order valence-electron chi connectivity index (χ0n) is 21.1. The van der Waals surface area contributed by atoms with Gasteiger partial charge in [-0.2, -0.15) is 0 Å². The second kappa shape index (κ2) is 9.84. The van der Waals surface area contributed by atoms with E-state index in [1.165, 1.54) is 64.2 Å². The molecule has 1 nitrogen and oxygen atoms in total. The van der Waals surface area contributed by atoms with Crippen LogP contribution < -0.4 is 5.32 Å². The maximum atomic E-state index is 4.14. The van der Waals surface area contributed by atoms with E-state index in [-0.39, 0.29) is 0 Å². The van der Waals surface area contributed by atoms with Crippen molar-refractivity contribution >= 4 is 0 Å². The molecule has 4 saturated carbocycles. The summed E-state index contributed by atoms with van der Waals surface area (Å²) in [4.78, 5) is 0. The van der Waals surface area contributed by atoms with Crippen molar-refractivity contribution in [2.24, 2.45) is 46.8 Å². The van der Waals surface area contributed by atoms with Gasteiger partial charge in [0.1, 0.15) is 0 Å². The molecule has 0 aromatic rings. The lowest BCUT2D eigenvalue weighted by Gasteiger charge is -2.47. The maximum Gasteiger partial charge on any atom is 0.0129 e. The number of hydrogen-bond acceptors (Lipinski definition) is 1. The molecule has 0 spiro atoms. The Labute approximate surface area is 188 Å². The zero-order valence-corrected chi connectivity index (χ0v) is 21.1. The monoisotopic (exact) mass is 415 g/mol. The Morgan fingerprint density at radius 2 is 1.60 bits per heavy atom. The zero-order chi connectivity index (χ0) is 21.3. The molecule has 1 N–H and O–H groups in total. The summed E-state index contributed by atoms with van der Waals surface area (Å²) in [5, 5.41) is 4.14. The van der Waals surface area contributed by atoms with Crippen LogP contribution in [0.5, 0.6) is 0 Å². The van der Waals surface area contributed by atoms with Crippen molar-refractivity contribution < 1.29 is 0 Å². The molecule has 9 unspecified atom stereocenters. The molecular weight excluding hydrogens is 362 g/mol. The highest BCUT2D eigenvalue weighted by Gasteiger charge is 2.61. The molecule has 4 aliphatic carbocycles. The second-order valence-electron chi connectivity index (χ2n) is 12.2. The summed E-state index contributed by atoms with van der Waals surface area (Å²) in [5.74, 6) is 7.05. The van der Waals surface area contributed by atoms with Gasteiger partial charge in [-0.05, 0) is 98.7 Å². The van der Waals surface area contributed by atoms with Crippen LogP contribution in [0.4, 0.5) is 0 Å². The minimum absolute atomic E-state index is 0.678. The summed E-state index contributed by atoms with van der Waals surface area (Å²) in [6.07, 6.45) is 20.9. The average molecular weight is 416 g/mol. The lowest BCUT2D eigenvalue weighted by Crippen LogP contribution is -2.46. The van der Waals surface area contributed by atoms with Crippen LogP contribution in [0.2, 0.25) is 0 Å². The highest BCUT2D eigenvalue weighted by Crippen LogP contribution is 2.67. The van der Waals surface area contributed by atoms with E-state index < -0.39 is 0 Å². The number of hydrogen-bond donors (Lipinski definition) is 1. The van der Waals surface area contributed by atoms with Crippen molar-refractivity contribution in [3.05, 3.63) is 0 Å². The van der Waals surface area contributed by atoms with Gasteiger partial charge in [0.15, 0.2) is 0 Å². The van der Waals surface area contributed by atoms with Gasteiger partial charge in [0, 0.05) is 12.1 Å². The second-order valence-corrected chi connectivity index (χ2v) is 12.2. The molecule has 9 atom stereocenters. The molecule has 4 fully saturated rings. The van der Waals surface area contributed by atoms with E-state index in [0.29, 0.717) is 11.5 Å². The fourth-order valence-corrected chi connectivity index (χ4v) is 8.91. The Morgan fingerprint density at radius 1 is 0.833 bits per heavy atom. The van der Waals surface area contributed by atoms with Gasteiger partial charge in [0.05, 0.1) is 0 Å². The molecule has 0 aromatic heterocycles. The van der Waals surface area contributed by atoms with Crippen LogP contribution in [0, 0.1) is 46.8 Å². The normalized spacial score (nSPS) is 42.5. The van der Waals surface area contributed by atoms with Crippen molar-refractivity contribution in [3.63, 3.8) is 0 Å². The molecular formula is C29H53N. The molecule has 0 bridgehead atoms. The van der Waals surface area contributed by atoms with Gasteiger partial charge < -0.3 is 5.32 Å². The van der Waals surface area contributed by atoms with Crippen molar-refractivity contribution in [1.82, 2.24) is 5.32 Å². The SMILES string of the molecule is CCC(C)NC(C1CCC1)C1CC1C1CC2CCCCCCC2(C(C)CC)C1CC. The predicted molar refractivity (Wildman–Crippen MR) is 131 cm³/mol. The van der Waals surface area contributed by atoms with Gasteiger partial charge in [-0.3, -0.25) is 0 Å². The highest BCUT2D eigenvalue weighted by molar-refractivity contribution is 5.11. The Bertz CT molecular complexity index is 538. The first kappa shape index (κ1) is 23.1. The van der Waals surface area contributed by atoms with Gasteiger partial charge in [0.2, 0.25) is 0 Å². The summed E-state index contributed by atoms with van der Waals surface area (Å²) in [6.45, 7) is 12.5. The molecule has 0 radical (unpaired) electrons. The first-order valence-electron chi connectivity index (χ1n) is 14.3. The Morgan fingerprint density at radius 3 is 2.23 bits per heavy atom. The van der Waals surface area contributed by atoms with Crippen molar-refractivity contribution in [2.45, 2.75) is 137 Å². The largest absolute Gasteiger partial charge is 0.311 e. The van der Waals surface area contributed by atoms with Crippen LogP contribution in [-0.2, 0) is 0 Å². The lowest BCUT2D eigenvalue weighted by molar-refractivity contribution is 0.0149. The van der Waals surface area contributed by atoms with Crippen molar-refractivity contribution in [3.8, 4) is 0 Å². The van der Waals surface area contributed by atoms with E-state index in [2.05, 4.69) is 39.9 Å². The standard InChI is InChI=1S/C29H53N/c1-6-20(4)29-17-12-10-9-11-16-23(29)18-25(27(29)8-3)24-19-26(24)28(22-14-13-15-22)30-21(5)7-2/h20-28,30H,6-19H2,1-5H3. The fourth-order valence-electron chi connectivity index (χ4n) is 8.91. The average Bonchev–Trinajstić information content (AvgIpc) is 3.43. The number of nitrogens with one attached hydrogen (secondary N) is 1.